The lowest BCUT2D eigenvalue weighted by atomic mass is 10.0. The molecule has 0 atom stereocenters. The molecule has 2 N–H and O–H groups in total. The topological polar surface area (TPSA) is 43.1 Å². The molecular formula is C15H8BrCl2NOS. The van der Waals surface area contributed by atoms with E-state index in [0.717, 1.165) is 14.6 Å². The van der Waals surface area contributed by atoms with Gasteiger partial charge in [-0.15, -0.1) is 11.3 Å². The van der Waals surface area contributed by atoms with Crippen molar-refractivity contribution in [2.75, 3.05) is 5.73 Å². The Morgan fingerprint density at radius 3 is 2.71 bits per heavy atom. The van der Waals surface area contributed by atoms with Crippen LogP contribution in [0.5, 0.6) is 0 Å². The second-order valence-electron chi connectivity index (χ2n) is 4.46. The van der Waals surface area contributed by atoms with Crippen LogP contribution in [0.3, 0.4) is 0 Å². The zero-order chi connectivity index (χ0) is 15.1. The highest BCUT2D eigenvalue weighted by Gasteiger charge is 2.17. The summed E-state index contributed by atoms with van der Waals surface area (Å²) in [6.07, 6.45) is 0. The molecule has 0 amide bonds. The maximum Gasteiger partial charge on any atom is 0.194 e. The van der Waals surface area contributed by atoms with Crippen LogP contribution in [-0.4, -0.2) is 5.78 Å². The molecule has 0 saturated carbocycles. The number of carbonyl (C=O) groups excluding carboxylic acids is 1. The molecule has 0 spiro atoms. The summed E-state index contributed by atoms with van der Waals surface area (Å²) in [4.78, 5) is 12.7. The van der Waals surface area contributed by atoms with Gasteiger partial charge in [0.15, 0.2) is 5.78 Å². The molecule has 3 rings (SSSR count). The lowest BCUT2D eigenvalue weighted by Crippen LogP contribution is -2.02. The van der Waals surface area contributed by atoms with E-state index in [4.69, 9.17) is 28.9 Å². The zero-order valence-corrected chi connectivity index (χ0v) is 14.4. The maximum atomic E-state index is 12.7. The van der Waals surface area contributed by atoms with Gasteiger partial charge in [0.1, 0.15) is 0 Å². The number of hydrogen-bond donors (Lipinski definition) is 1. The van der Waals surface area contributed by atoms with E-state index in [1.165, 1.54) is 11.3 Å². The number of anilines is 1. The van der Waals surface area contributed by atoms with Gasteiger partial charge >= 0.3 is 0 Å². The average molecular weight is 401 g/mol. The van der Waals surface area contributed by atoms with Gasteiger partial charge in [0.2, 0.25) is 0 Å². The Hall–Kier alpha value is -1.07. The van der Waals surface area contributed by atoms with Crippen LogP contribution >= 0.6 is 50.5 Å². The Kier molecular flexibility index (Phi) is 3.97. The van der Waals surface area contributed by atoms with Crippen molar-refractivity contribution in [3.05, 3.63) is 61.4 Å². The van der Waals surface area contributed by atoms with Crippen molar-refractivity contribution in [1.29, 1.82) is 0 Å². The van der Waals surface area contributed by atoms with Crippen molar-refractivity contribution in [3.63, 3.8) is 0 Å². The molecular weight excluding hydrogens is 393 g/mol. The quantitative estimate of drug-likeness (QED) is 0.437. The Morgan fingerprint density at radius 1 is 1.24 bits per heavy atom. The molecule has 106 valence electrons. The van der Waals surface area contributed by atoms with Crippen LogP contribution in [-0.2, 0) is 0 Å². The molecule has 1 aromatic heterocycles. The van der Waals surface area contributed by atoms with E-state index in [-0.39, 0.29) is 15.8 Å². The summed E-state index contributed by atoms with van der Waals surface area (Å²) in [5.74, 6) is -0.121. The first-order chi connectivity index (χ1) is 9.99. The maximum absolute atomic E-state index is 12.7. The standard InChI is InChI=1S/C15H8BrCl2NOS/c16-10-3-1-2-8-9(6-21-15(8)10)14(20)7-4-11(17)13(18)12(19)5-7/h1-6H,19H2. The van der Waals surface area contributed by atoms with Crippen LogP contribution < -0.4 is 5.73 Å². The first-order valence-corrected chi connectivity index (χ1v) is 8.37. The van der Waals surface area contributed by atoms with Gasteiger partial charge in [-0.3, -0.25) is 4.79 Å². The summed E-state index contributed by atoms with van der Waals surface area (Å²) in [5.41, 5.74) is 7.14. The second-order valence-corrected chi connectivity index (χ2v) is 6.98. The number of nitrogens with two attached hydrogens (primary N) is 1. The molecule has 0 aliphatic rings. The minimum Gasteiger partial charge on any atom is -0.397 e. The molecule has 3 aromatic rings. The third kappa shape index (κ3) is 2.57. The summed E-state index contributed by atoms with van der Waals surface area (Å²) >= 11 is 16.9. The molecule has 0 aliphatic heterocycles. The van der Waals surface area contributed by atoms with E-state index >= 15 is 0 Å². The van der Waals surface area contributed by atoms with Gasteiger partial charge in [-0.05, 0) is 34.1 Å². The number of ketones is 1. The number of fused-ring (bicyclic) bond motifs is 1. The average Bonchev–Trinajstić information content (AvgIpc) is 2.89. The van der Waals surface area contributed by atoms with Crippen molar-refractivity contribution < 1.29 is 4.79 Å². The lowest BCUT2D eigenvalue weighted by Gasteiger charge is -2.05. The molecule has 0 unspecified atom stereocenters. The molecule has 1 heterocycles. The van der Waals surface area contributed by atoms with Crippen molar-refractivity contribution in [2.24, 2.45) is 0 Å². The minimum absolute atomic E-state index is 0.121. The highest BCUT2D eigenvalue weighted by Crippen LogP contribution is 2.35. The molecule has 2 nitrogen and oxygen atoms in total. The smallest absolute Gasteiger partial charge is 0.194 e. The molecule has 21 heavy (non-hydrogen) atoms. The van der Waals surface area contributed by atoms with Crippen molar-refractivity contribution in [2.45, 2.75) is 0 Å². The Labute approximate surface area is 143 Å². The predicted molar refractivity (Wildman–Crippen MR) is 93.8 cm³/mol. The van der Waals surface area contributed by atoms with Gasteiger partial charge in [-0.1, -0.05) is 35.3 Å². The molecule has 0 aliphatic carbocycles. The van der Waals surface area contributed by atoms with Crippen LogP contribution in [0.15, 0.2) is 40.2 Å². The Bertz CT molecular complexity index is 852. The van der Waals surface area contributed by atoms with Crippen molar-refractivity contribution in [3.8, 4) is 0 Å². The van der Waals surface area contributed by atoms with Crippen LogP contribution in [0.2, 0.25) is 10.0 Å². The summed E-state index contributed by atoms with van der Waals surface area (Å²) in [7, 11) is 0. The van der Waals surface area contributed by atoms with Gasteiger partial charge in [0.05, 0.1) is 15.7 Å². The van der Waals surface area contributed by atoms with E-state index in [9.17, 15) is 4.79 Å². The second kappa shape index (κ2) is 5.61. The number of rotatable bonds is 2. The van der Waals surface area contributed by atoms with Gasteiger partial charge in [-0.2, -0.15) is 0 Å². The first-order valence-electron chi connectivity index (χ1n) is 5.94. The fourth-order valence-corrected chi connectivity index (χ4v) is 4.03. The molecule has 6 heteroatoms. The summed E-state index contributed by atoms with van der Waals surface area (Å²) in [6, 6.07) is 8.87. The van der Waals surface area contributed by atoms with Crippen LogP contribution in [0.1, 0.15) is 15.9 Å². The number of carbonyl (C=O) groups is 1. The van der Waals surface area contributed by atoms with E-state index in [1.807, 2.05) is 23.6 Å². The first kappa shape index (κ1) is 14.9. The van der Waals surface area contributed by atoms with Gasteiger partial charge in [-0.25, -0.2) is 0 Å². The molecule has 0 fully saturated rings. The van der Waals surface area contributed by atoms with E-state index in [2.05, 4.69) is 15.9 Å². The Balaban J connectivity index is 2.15. The summed E-state index contributed by atoms with van der Waals surface area (Å²) in [6.45, 7) is 0. The monoisotopic (exact) mass is 399 g/mol. The van der Waals surface area contributed by atoms with Gasteiger partial charge in [0, 0.05) is 31.1 Å². The zero-order valence-electron chi connectivity index (χ0n) is 10.5. The Morgan fingerprint density at radius 2 is 2.00 bits per heavy atom. The number of halogens is 3. The van der Waals surface area contributed by atoms with Gasteiger partial charge in [0.25, 0.3) is 0 Å². The summed E-state index contributed by atoms with van der Waals surface area (Å²) < 4.78 is 2.01. The highest BCUT2D eigenvalue weighted by molar-refractivity contribution is 9.10. The van der Waals surface area contributed by atoms with E-state index < -0.39 is 0 Å². The van der Waals surface area contributed by atoms with E-state index in [1.54, 1.807) is 12.1 Å². The third-order valence-electron chi connectivity index (χ3n) is 3.11. The minimum atomic E-state index is -0.121. The molecule has 0 bridgehead atoms. The lowest BCUT2D eigenvalue weighted by molar-refractivity contribution is 0.104. The molecule has 0 radical (unpaired) electrons. The number of nitrogen functional groups attached to an aromatic ring is 1. The normalized spacial score (nSPS) is 11.0. The van der Waals surface area contributed by atoms with E-state index in [0.29, 0.717) is 16.8 Å². The predicted octanol–water partition coefficient (Wildman–Crippen LogP) is 5.78. The number of hydrogen-bond acceptors (Lipinski definition) is 3. The molecule has 0 saturated heterocycles. The summed E-state index contributed by atoms with van der Waals surface area (Å²) in [5, 5.41) is 3.30. The molecule has 2 aromatic carbocycles. The van der Waals surface area contributed by atoms with Crippen LogP contribution in [0.4, 0.5) is 5.69 Å². The van der Waals surface area contributed by atoms with Crippen molar-refractivity contribution >= 4 is 72.0 Å². The fourth-order valence-electron chi connectivity index (χ4n) is 2.09. The highest BCUT2D eigenvalue weighted by atomic mass is 79.9. The van der Waals surface area contributed by atoms with Gasteiger partial charge < -0.3 is 5.73 Å². The fraction of sp³-hybridized carbons (Fsp3) is 0. The van der Waals surface area contributed by atoms with Crippen molar-refractivity contribution in [1.82, 2.24) is 0 Å². The largest absolute Gasteiger partial charge is 0.397 e. The third-order valence-corrected chi connectivity index (χ3v) is 5.88. The SMILES string of the molecule is Nc1cc(C(=O)c2csc3c(Br)cccc23)cc(Cl)c1Cl. The van der Waals surface area contributed by atoms with Crippen LogP contribution in [0.25, 0.3) is 10.1 Å². The van der Waals surface area contributed by atoms with Crippen LogP contribution in [0, 0.1) is 0 Å². The number of benzene rings is 2. The number of thiophene rings is 1.